The number of rotatable bonds is 6. The van der Waals surface area contributed by atoms with Crippen molar-refractivity contribution in [1.29, 1.82) is 0 Å². The Labute approximate surface area is 118 Å². The lowest BCUT2D eigenvalue weighted by atomic mass is 10.1. The first-order valence-electron chi connectivity index (χ1n) is 7.31. The predicted molar refractivity (Wildman–Crippen MR) is 76.2 cm³/mol. The number of aryl methyl sites for hydroxylation is 1. The van der Waals surface area contributed by atoms with Crippen molar-refractivity contribution in [2.45, 2.75) is 45.4 Å². The third-order valence-electron chi connectivity index (χ3n) is 3.66. The highest BCUT2D eigenvalue weighted by molar-refractivity contribution is 5.90. The first-order valence-corrected chi connectivity index (χ1v) is 7.31. The molecule has 0 spiro atoms. The quantitative estimate of drug-likeness (QED) is 0.738. The molecule has 2 amide bonds. The van der Waals surface area contributed by atoms with E-state index in [-0.39, 0.29) is 24.2 Å². The van der Waals surface area contributed by atoms with Gasteiger partial charge in [-0.25, -0.2) is 0 Å². The normalized spacial score (nSPS) is 15.2. The molecule has 3 N–H and O–H groups in total. The minimum Gasteiger partial charge on any atom is -0.355 e. The maximum absolute atomic E-state index is 11.8. The smallest absolute Gasteiger partial charge is 0.227 e. The van der Waals surface area contributed by atoms with Crippen LogP contribution in [0.4, 0.5) is 5.82 Å². The summed E-state index contributed by atoms with van der Waals surface area (Å²) in [5.41, 5.74) is 0.981. The fourth-order valence-electron chi connectivity index (χ4n) is 2.44. The molecule has 0 atom stereocenters. The van der Waals surface area contributed by atoms with Crippen LogP contribution in [0.5, 0.6) is 0 Å². The SMILES string of the molecule is CCc1cc(NC(=O)CCNC(=O)C2CCCC2)n[nH]1. The Morgan fingerprint density at radius 3 is 2.80 bits per heavy atom. The van der Waals surface area contributed by atoms with Gasteiger partial charge < -0.3 is 10.6 Å². The highest BCUT2D eigenvalue weighted by Crippen LogP contribution is 2.24. The number of hydrogen-bond acceptors (Lipinski definition) is 3. The lowest BCUT2D eigenvalue weighted by Crippen LogP contribution is -2.32. The van der Waals surface area contributed by atoms with Crippen LogP contribution in [-0.2, 0) is 16.0 Å². The van der Waals surface area contributed by atoms with E-state index < -0.39 is 0 Å². The molecule has 6 heteroatoms. The molecule has 1 fully saturated rings. The molecular weight excluding hydrogens is 256 g/mol. The average molecular weight is 278 g/mol. The first kappa shape index (κ1) is 14.6. The Morgan fingerprint density at radius 2 is 2.15 bits per heavy atom. The molecule has 0 aromatic carbocycles. The van der Waals surface area contributed by atoms with Crippen molar-refractivity contribution in [3.05, 3.63) is 11.8 Å². The van der Waals surface area contributed by atoms with E-state index in [4.69, 9.17) is 0 Å². The number of nitrogens with zero attached hydrogens (tertiary/aromatic N) is 1. The number of nitrogens with one attached hydrogen (secondary N) is 3. The molecule has 1 heterocycles. The number of aromatic amines is 1. The number of hydrogen-bond donors (Lipinski definition) is 3. The molecule has 1 aliphatic rings. The van der Waals surface area contributed by atoms with Gasteiger partial charge in [-0.1, -0.05) is 19.8 Å². The van der Waals surface area contributed by atoms with Gasteiger partial charge in [0.15, 0.2) is 5.82 Å². The summed E-state index contributed by atoms with van der Waals surface area (Å²) in [6, 6.07) is 1.81. The van der Waals surface area contributed by atoms with Gasteiger partial charge in [0.1, 0.15) is 0 Å². The summed E-state index contributed by atoms with van der Waals surface area (Å²) in [7, 11) is 0. The van der Waals surface area contributed by atoms with Crippen LogP contribution >= 0.6 is 0 Å². The van der Waals surface area contributed by atoms with Gasteiger partial charge in [-0.2, -0.15) is 5.10 Å². The summed E-state index contributed by atoms with van der Waals surface area (Å²) in [5, 5.41) is 12.4. The van der Waals surface area contributed by atoms with Crippen LogP contribution < -0.4 is 10.6 Å². The lowest BCUT2D eigenvalue weighted by Gasteiger charge is -2.09. The van der Waals surface area contributed by atoms with E-state index in [2.05, 4.69) is 20.8 Å². The zero-order valence-electron chi connectivity index (χ0n) is 11.9. The standard InChI is InChI=1S/C14H22N4O2/c1-2-11-9-12(18-17-11)16-13(19)7-8-15-14(20)10-5-3-4-6-10/h9-10H,2-8H2,1H3,(H,15,20)(H2,16,17,18,19). The summed E-state index contributed by atoms with van der Waals surface area (Å²) >= 11 is 0. The number of H-pyrrole nitrogens is 1. The van der Waals surface area contributed by atoms with Crippen molar-refractivity contribution < 1.29 is 9.59 Å². The first-order chi connectivity index (χ1) is 9.69. The zero-order valence-corrected chi connectivity index (χ0v) is 11.9. The average Bonchev–Trinajstić information content (AvgIpc) is 3.09. The van der Waals surface area contributed by atoms with Crippen LogP contribution in [0.1, 0.15) is 44.7 Å². The van der Waals surface area contributed by atoms with E-state index in [1.807, 2.05) is 13.0 Å². The van der Waals surface area contributed by atoms with E-state index in [9.17, 15) is 9.59 Å². The highest BCUT2D eigenvalue weighted by Gasteiger charge is 2.22. The molecule has 0 unspecified atom stereocenters. The largest absolute Gasteiger partial charge is 0.355 e. The van der Waals surface area contributed by atoms with E-state index in [0.717, 1.165) is 37.8 Å². The second-order valence-corrected chi connectivity index (χ2v) is 5.20. The molecule has 1 aliphatic carbocycles. The van der Waals surface area contributed by atoms with Gasteiger partial charge in [-0.3, -0.25) is 14.7 Å². The monoisotopic (exact) mass is 278 g/mol. The summed E-state index contributed by atoms with van der Waals surface area (Å²) in [4.78, 5) is 23.5. The summed E-state index contributed by atoms with van der Waals surface area (Å²) in [6.45, 7) is 2.39. The molecule has 2 rings (SSSR count). The van der Waals surface area contributed by atoms with Crippen LogP contribution in [0, 0.1) is 5.92 Å². The van der Waals surface area contributed by atoms with Crippen molar-refractivity contribution in [2.24, 2.45) is 5.92 Å². The Kier molecular flexibility index (Phi) is 5.15. The second kappa shape index (κ2) is 7.07. The van der Waals surface area contributed by atoms with Gasteiger partial charge >= 0.3 is 0 Å². The van der Waals surface area contributed by atoms with Crippen LogP contribution in [-0.4, -0.2) is 28.6 Å². The molecule has 0 radical (unpaired) electrons. The van der Waals surface area contributed by atoms with Crippen LogP contribution in [0.15, 0.2) is 6.07 Å². The van der Waals surface area contributed by atoms with Crippen molar-refractivity contribution in [2.75, 3.05) is 11.9 Å². The van der Waals surface area contributed by atoms with Crippen molar-refractivity contribution >= 4 is 17.6 Å². The molecule has 1 saturated carbocycles. The number of carbonyl (C=O) groups excluding carboxylic acids is 2. The fraction of sp³-hybridized carbons (Fsp3) is 0.643. The number of amides is 2. The van der Waals surface area contributed by atoms with Gasteiger partial charge in [-0.05, 0) is 19.3 Å². The molecule has 1 aromatic heterocycles. The van der Waals surface area contributed by atoms with Crippen molar-refractivity contribution in [1.82, 2.24) is 15.5 Å². The molecular formula is C14H22N4O2. The fourth-order valence-corrected chi connectivity index (χ4v) is 2.44. The zero-order chi connectivity index (χ0) is 14.4. The van der Waals surface area contributed by atoms with Gasteiger partial charge in [0.2, 0.25) is 11.8 Å². The van der Waals surface area contributed by atoms with Crippen molar-refractivity contribution in [3.63, 3.8) is 0 Å². The third-order valence-corrected chi connectivity index (χ3v) is 3.66. The minimum absolute atomic E-state index is 0.0864. The Balaban J connectivity index is 1.65. The predicted octanol–water partition coefficient (Wildman–Crippen LogP) is 1.61. The number of aromatic nitrogens is 2. The van der Waals surface area contributed by atoms with E-state index in [0.29, 0.717) is 12.4 Å². The summed E-state index contributed by atoms with van der Waals surface area (Å²) in [5.74, 6) is 0.639. The molecule has 1 aromatic rings. The van der Waals surface area contributed by atoms with Crippen LogP contribution in [0.25, 0.3) is 0 Å². The topological polar surface area (TPSA) is 86.9 Å². The molecule has 6 nitrogen and oxygen atoms in total. The number of carbonyl (C=O) groups is 2. The van der Waals surface area contributed by atoms with Gasteiger partial charge in [0.05, 0.1) is 0 Å². The summed E-state index contributed by atoms with van der Waals surface area (Å²) in [6.07, 6.45) is 5.35. The molecule has 0 aliphatic heterocycles. The van der Waals surface area contributed by atoms with Gasteiger partial charge in [-0.15, -0.1) is 0 Å². The Morgan fingerprint density at radius 1 is 1.40 bits per heavy atom. The van der Waals surface area contributed by atoms with E-state index in [1.54, 1.807) is 0 Å². The van der Waals surface area contributed by atoms with E-state index >= 15 is 0 Å². The third kappa shape index (κ3) is 4.08. The van der Waals surface area contributed by atoms with E-state index in [1.165, 1.54) is 0 Å². The molecule has 110 valence electrons. The Bertz CT molecular complexity index is 463. The minimum atomic E-state index is -0.133. The Hall–Kier alpha value is -1.85. The highest BCUT2D eigenvalue weighted by atomic mass is 16.2. The van der Waals surface area contributed by atoms with Gasteiger partial charge in [0.25, 0.3) is 0 Å². The van der Waals surface area contributed by atoms with Crippen molar-refractivity contribution in [3.8, 4) is 0 Å². The summed E-state index contributed by atoms with van der Waals surface area (Å²) < 4.78 is 0. The second-order valence-electron chi connectivity index (χ2n) is 5.20. The van der Waals surface area contributed by atoms with Crippen LogP contribution in [0.3, 0.4) is 0 Å². The van der Waals surface area contributed by atoms with Gasteiger partial charge in [0, 0.05) is 30.6 Å². The molecule has 20 heavy (non-hydrogen) atoms. The van der Waals surface area contributed by atoms with Crippen LogP contribution in [0.2, 0.25) is 0 Å². The number of anilines is 1. The lowest BCUT2D eigenvalue weighted by molar-refractivity contribution is -0.124. The molecule has 0 bridgehead atoms. The maximum Gasteiger partial charge on any atom is 0.227 e. The molecule has 0 saturated heterocycles. The maximum atomic E-state index is 11.8.